The summed E-state index contributed by atoms with van der Waals surface area (Å²) in [6.45, 7) is 8.65. The summed E-state index contributed by atoms with van der Waals surface area (Å²) in [5.74, 6) is 0. The minimum Gasteiger partial charge on any atom is -0.0619 e. The second kappa shape index (κ2) is 3.75. The zero-order chi connectivity index (χ0) is 9.14. The van der Waals surface area contributed by atoms with Crippen LogP contribution in [0.1, 0.15) is 29.2 Å². The van der Waals surface area contributed by atoms with Gasteiger partial charge in [0, 0.05) is 0 Å². The van der Waals surface area contributed by atoms with E-state index in [2.05, 4.69) is 46.2 Å². The lowest BCUT2D eigenvalue weighted by atomic mass is 9.97. The molecule has 0 unspecified atom stereocenters. The van der Waals surface area contributed by atoms with Crippen LogP contribution in [0.5, 0.6) is 0 Å². The molecule has 0 N–H and O–H groups in total. The molecule has 0 fully saturated rings. The Labute approximate surface area is 75.6 Å². The number of aryl methyl sites for hydroxylation is 2. The highest BCUT2D eigenvalue weighted by atomic mass is 14.1. The summed E-state index contributed by atoms with van der Waals surface area (Å²) in [7, 11) is 0. The molecule has 0 bridgehead atoms. The first-order valence-electron chi connectivity index (χ1n) is 4.49. The van der Waals surface area contributed by atoms with Gasteiger partial charge in [0.2, 0.25) is 0 Å². The van der Waals surface area contributed by atoms with Crippen LogP contribution in [0.3, 0.4) is 0 Å². The van der Waals surface area contributed by atoms with Crippen molar-refractivity contribution in [1.82, 2.24) is 0 Å². The Kier molecular flexibility index (Phi) is 2.91. The zero-order valence-electron chi connectivity index (χ0n) is 8.44. The molecule has 1 aromatic carbocycles. The van der Waals surface area contributed by atoms with Gasteiger partial charge in [-0.25, -0.2) is 0 Å². The van der Waals surface area contributed by atoms with Crippen molar-refractivity contribution in [1.29, 1.82) is 0 Å². The number of hydrogen-bond donors (Lipinski definition) is 0. The molecule has 12 heavy (non-hydrogen) atoms. The van der Waals surface area contributed by atoms with Crippen molar-refractivity contribution in [2.45, 2.75) is 34.1 Å². The van der Waals surface area contributed by atoms with Crippen LogP contribution in [-0.4, -0.2) is 0 Å². The van der Waals surface area contributed by atoms with E-state index in [1.807, 2.05) is 0 Å². The van der Waals surface area contributed by atoms with E-state index in [9.17, 15) is 0 Å². The van der Waals surface area contributed by atoms with Crippen LogP contribution in [-0.2, 0) is 6.42 Å². The first kappa shape index (κ1) is 9.31. The minimum atomic E-state index is 1.09. The highest BCUT2D eigenvalue weighted by Crippen LogP contribution is 2.16. The fourth-order valence-corrected chi connectivity index (χ4v) is 1.56. The third-order valence-corrected chi connectivity index (χ3v) is 2.34. The standard InChI is InChI=1S/C12H17/c1-5-6-12-8-9(2)7-10(3)11(12)4/h5,7-8H,6H2,1-4H3. The highest BCUT2D eigenvalue weighted by molar-refractivity contribution is 5.37. The normalized spacial score (nSPS) is 10.3. The van der Waals surface area contributed by atoms with E-state index < -0.39 is 0 Å². The molecule has 1 rings (SSSR count). The lowest BCUT2D eigenvalue weighted by molar-refractivity contribution is 1.09. The van der Waals surface area contributed by atoms with Crippen molar-refractivity contribution < 1.29 is 0 Å². The van der Waals surface area contributed by atoms with Gasteiger partial charge in [0.15, 0.2) is 0 Å². The third-order valence-electron chi connectivity index (χ3n) is 2.34. The molecule has 0 aliphatic heterocycles. The van der Waals surface area contributed by atoms with Crippen LogP contribution in [0.15, 0.2) is 12.1 Å². The second-order valence-corrected chi connectivity index (χ2v) is 3.48. The van der Waals surface area contributed by atoms with Crippen molar-refractivity contribution in [2.75, 3.05) is 0 Å². The first-order chi connectivity index (χ1) is 5.65. The first-order valence-corrected chi connectivity index (χ1v) is 4.49. The molecule has 0 aliphatic rings. The van der Waals surface area contributed by atoms with E-state index in [1.54, 1.807) is 0 Å². The van der Waals surface area contributed by atoms with E-state index in [0.29, 0.717) is 0 Å². The van der Waals surface area contributed by atoms with E-state index in [0.717, 1.165) is 6.42 Å². The van der Waals surface area contributed by atoms with Gasteiger partial charge in [-0.05, 0) is 50.3 Å². The predicted molar refractivity (Wildman–Crippen MR) is 54.3 cm³/mol. The van der Waals surface area contributed by atoms with Crippen molar-refractivity contribution in [3.63, 3.8) is 0 Å². The van der Waals surface area contributed by atoms with E-state index >= 15 is 0 Å². The molecular weight excluding hydrogens is 144 g/mol. The Morgan fingerprint density at radius 1 is 1.17 bits per heavy atom. The van der Waals surface area contributed by atoms with Crippen molar-refractivity contribution in [3.05, 3.63) is 40.8 Å². The maximum atomic E-state index is 2.28. The molecule has 0 nitrogen and oxygen atoms in total. The third kappa shape index (κ3) is 1.88. The molecule has 0 spiro atoms. The average molecular weight is 161 g/mol. The summed E-state index contributed by atoms with van der Waals surface area (Å²) >= 11 is 0. The average Bonchev–Trinajstić information content (AvgIpc) is 2.00. The van der Waals surface area contributed by atoms with Gasteiger partial charge in [-0.15, -0.1) is 0 Å². The smallest absolute Gasteiger partial charge is 0.0248 e. The van der Waals surface area contributed by atoms with Crippen LogP contribution in [0, 0.1) is 27.2 Å². The Morgan fingerprint density at radius 3 is 2.42 bits per heavy atom. The molecular formula is C12H17. The molecule has 0 saturated heterocycles. The van der Waals surface area contributed by atoms with Crippen molar-refractivity contribution in [2.24, 2.45) is 0 Å². The van der Waals surface area contributed by atoms with Crippen molar-refractivity contribution >= 4 is 0 Å². The summed E-state index contributed by atoms with van der Waals surface area (Å²) < 4.78 is 0. The van der Waals surface area contributed by atoms with Gasteiger partial charge in [0.05, 0.1) is 0 Å². The van der Waals surface area contributed by atoms with Gasteiger partial charge < -0.3 is 0 Å². The van der Waals surface area contributed by atoms with Crippen molar-refractivity contribution in [3.8, 4) is 0 Å². The SMILES string of the molecule is C[CH]Cc1cc(C)cc(C)c1C. The molecule has 0 aromatic heterocycles. The van der Waals surface area contributed by atoms with Crippen LogP contribution < -0.4 is 0 Å². The number of benzene rings is 1. The Bertz CT molecular complexity index is 272. The van der Waals surface area contributed by atoms with E-state index in [4.69, 9.17) is 0 Å². The van der Waals surface area contributed by atoms with Gasteiger partial charge >= 0.3 is 0 Å². The number of rotatable bonds is 2. The largest absolute Gasteiger partial charge is 0.0619 e. The molecule has 0 amide bonds. The fraction of sp³-hybridized carbons (Fsp3) is 0.417. The summed E-state index contributed by atoms with van der Waals surface area (Å²) in [6.07, 6.45) is 3.30. The molecule has 0 heteroatoms. The number of hydrogen-bond acceptors (Lipinski definition) is 0. The molecule has 65 valence electrons. The molecule has 0 saturated carbocycles. The van der Waals surface area contributed by atoms with Crippen LogP contribution in [0.4, 0.5) is 0 Å². The van der Waals surface area contributed by atoms with Gasteiger partial charge in [-0.2, -0.15) is 0 Å². The molecule has 0 aliphatic carbocycles. The van der Waals surface area contributed by atoms with E-state index in [1.165, 1.54) is 22.3 Å². The molecule has 1 radical (unpaired) electrons. The predicted octanol–water partition coefficient (Wildman–Crippen LogP) is 3.38. The van der Waals surface area contributed by atoms with Crippen LogP contribution >= 0.6 is 0 Å². The van der Waals surface area contributed by atoms with Crippen LogP contribution in [0.25, 0.3) is 0 Å². The van der Waals surface area contributed by atoms with Gasteiger partial charge in [-0.1, -0.05) is 24.6 Å². The van der Waals surface area contributed by atoms with Crippen LogP contribution in [0.2, 0.25) is 0 Å². The highest BCUT2D eigenvalue weighted by Gasteiger charge is 2.00. The maximum Gasteiger partial charge on any atom is -0.0248 e. The minimum absolute atomic E-state index is 1.09. The Morgan fingerprint density at radius 2 is 1.83 bits per heavy atom. The lowest BCUT2D eigenvalue weighted by Crippen LogP contribution is -1.93. The quantitative estimate of drug-likeness (QED) is 0.623. The summed E-state index contributed by atoms with van der Waals surface area (Å²) in [6, 6.07) is 4.52. The molecule has 1 aromatic rings. The second-order valence-electron chi connectivity index (χ2n) is 3.48. The summed E-state index contributed by atoms with van der Waals surface area (Å²) in [4.78, 5) is 0. The summed E-state index contributed by atoms with van der Waals surface area (Å²) in [5.41, 5.74) is 5.69. The fourth-order valence-electron chi connectivity index (χ4n) is 1.56. The van der Waals surface area contributed by atoms with E-state index in [-0.39, 0.29) is 0 Å². The van der Waals surface area contributed by atoms with Gasteiger partial charge in [-0.3, -0.25) is 0 Å². The topological polar surface area (TPSA) is 0 Å². The lowest BCUT2D eigenvalue weighted by Gasteiger charge is -2.08. The molecule has 0 atom stereocenters. The zero-order valence-corrected chi connectivity index (χ0v) is 8.44. The Balaban J connectivity index is 3.09. The van der Waals surface area contributed by atoms with Gasteiger partial charge in [0.1, 0.15) is 0 Å². The van der Waals surface area contributed by atoms with Gasteiger partial charge in [0.25, 0.3) is 0 Å². The Hall–Kier alpha value is -0.780. The molecule has 0 heterocycles. The summed E-state index contributed by atoms with van der Waals surface area (Å²) in [5, 5.41) is 0. The maximum absolute atomic E-state index is 2.28. The monoisotopic (exact) mass is 161 g/mol.